The van der Waals surface area contributed by atoms with Gasteiger partial charge in [0.05, 0.1) is 20.3 Å². The molecular weight excluding hydrogens is 282 g/mol. The van der Waals surface area contributed by atoms with E-state index in [1.54, 1.807) is 19.1 Å². The summed E-state index contributed by atoms with van der Waals surface area (Å²) in [6, 6.07) is 4.79. The van der Waals surface area contributed by atoms with E-state index in [1.807, 2.05) is 6.07 Å². The van der Waals surface area contributed by atoms with Gasteiger partial charge in [0.25, 0.3) is 0 Å². The Morgan fingerprint density at radius 1 is 1.40 bits per heavy atom. The van der Waals surface area contributed by atoms with Crippen molar-refractivity contribution in [3.8, 4) is 0 Å². The summed E-state index contributed by atoms with van der Waals surface area (Å²) in [5.74, 6) is -0.446. The maximum absolute atomic E-state index is 12.0. The Labute approximate surface area is 122 Å². The Morgan fingerprint density at radius 2 is 2.15 bits per heavy atom. The molecule has 6 heteroatoms. The molecule has 1 amide bonds. The molecule has 0 spiro atoms. The Hall–Kier alpha value is -1.75. The lowest BCUT2D eigenvalue weighted by Gasteiger charge is -2.34. The number of ether oxygens (including phenoxy) is 2. The van der Waals surface area contributed by atoms with Crippen LogP contribution >= 0.6 is 11.6 Å². The topological polar surface area (TPSA) is 55.8 Å². The van der Waals surface area contributed by atoms with Crippen molar-refractivity contribution in [3.63, 3.8) is 0 Å². The van der Waals surface area contributed by atoms with Crippen LogP contribution in [0.2, 0.25) is 5.02 Å². The van der Waals surface area contributed by atoms with Crippen molar-refractivity contribution in [3.05, 3.63) is 34.3 Å². The van der Waals surface area contributed by atoms with Gasteiger partial charge in [-0.05, 0) is 30.2 Å². The molecule has 5 nitrogen and oxygen atoms in total. The number of carbonyl (C=O) groups excluding carboxylic acids is 2. The summed E-state index contributed by atoms with van der Waals surface area (Å²) in [5, 5.41) is 0.601. The lowest BCUT2D eigenvalue weighted by atomic mass is 9.94. The molecular formula is C14H16ClNO4. The monoisotopic (exact) mass is 297 g/mol. The highest BCUT2D eigenvalue weighted by Crippen LogP contribution is 2.27. The molecule has 0 radical (unpaired) electrons. The molecule has 2 rings (SSSR count). The second-order valence-corrected chi connectivity index (χ2v) is 4.92. The maximum atomic E-state index is 12.0. The Balaban J connectivity index is 2.32. The number of nitrogens with zero attached hydrogens (tertiary/aromatic N) is 1. The highest BCUT2D eigenvalue weighted by Gasteiger charge is 2.36. The van der Waals surface area contributed by atoms with Crippen LogP contribution < -0.4 is 0 Å². The fourth-order valence-corrected chi connectivity index (χ4v) is 2.49. The SMILES string of the molecule is CCOC(=O)N1Cc2cc(Cl)ccc2C[C@H]1C(=O)OC. The molecule has 0 unspecified atom stereocenters. The lowest BCUT2D eigenvalue weighted by Crippen LogP contribution is -2.49. The highest BCUT2D eigenvalue weighted by molar-refractivity contribution is 6.30. The number of esters is 1. The molecule has 1 aromatic carbocycles. The minimum absolute atomic E-state index is 0.256. The third kappa shape index (κ3) is 2.88. The second kappa shape index (κ2) is 6.13. The molecule has 0 fully saturated rings. The van der Waals surface area contributed by atoms with E-state index < -0.39 is 18.1 Å². The highest BCUT2D eigenvalue weighted by atomic mass is 35.5. The van der Waals surface area contributed by atoms with Crippen LogP contribution in [0.1, 0.15) is 18.1 Å². The van der Waals surface area contributed by atoms with Gasteiger partial charge >= 0.3 is 12.1 Å². The Bertz CT molecular complexity index is 532. The Kier molecular flexibility index (Phi) is 4.49. The van der Waals surface area contributed by atoms with E-state index >= 15 is 0 Å². The number of hydrogen-bond donors (Lipinski definition) is 0. The first-order chi connectivity index (χ1) is 9.56. The van der Waals surface area contributed by atoms with Crippen molar-refractivity contribution in [1.82, 2.24) is 4.90 Å². The predicted octanol–water partition coefficient (Wildman–Crippen LogP) is 2.40. The summed E-state index contributed by atoms with van der Waals surface area (Å²) in [4.78, 5) is 25.2. The Morgan fingerprint density at radius 3 is 2.80 bits per heavy atom. The van der Waals surface area contributed by atoms with Gasteiger partial charge in [-0.25, -0.2) is 9.59 Å². The number of carbonyl (C=O) groups is 2. The molecule has 1 aliphatic heterocycles. The van der Waals surface area contributed by atoms with Crippen LogP contribution in [0.15, 0.2) is 18.2 Å². The quantitative estimate of drug-likeness (QED) is 0.787. The van der Waals surface area contributed by atoms with Gasteiger partial charge in [0, 0.05) is 11.4 Å². The predicted molar refractivity (Wildman–Crippen MR) is 73.5 cm³/mol. The summed E-state index contributed by atoms with van der Waals surface area (Å²) in [6.45, 7) is 2.26. The molecule has 0 aromatic heterocycles. The van der Waals surface area contributed by atoms with Crippen LogP contribution in [-0.2, 0) is 27.2 Å². The number of rotatable bonds is 2. The van der Waals surface area contributed by atoms with Crippen molar-refractivity contribution in [1.29, 1.82) is 0 Å². The van der Waals surface area contributed by atoms with Crippen LogP contribution in [-0.4, -0.2) is 36.7 Å². The van der Waals surface area contributed by atoms with Crippen LogP contribution in [0.25, 0.3) is 0 Å². The molecule has 0 bridgehead atoms. The van der Waals surface area contributed by atoms with Gasteiger partial charge in [-0.2, -0.15) is 0 Å². The zero-order valence-electron chi connectivity index (χ0n) is 11.4. The van der Waals surface area contributed by atoms with E-state index in [4.69, 9.17) is 21.1 Å². The third-order valence-electron chi connectivity index (χ3n) is 3.27. The maximum Gasteiger partial charge on any atom is 0.410 e. The average molecular weight is 298 g/mol. The minimum atomic E-state index is -0.660. The van der Waals surface area contributed by atoms with E-state index in [2.05, 4.69) is 0 Å². The zero-order valence-corrected chi connectivity index (χ0v) is 12.1. The molecule has 1 heterocycles. The van der Waals surface area contributed by atoms with Gasteiger partial charge in [0.2, 0.25) is 0 Å². The van der Waals surface area contributed by atoms with E-state index in [1.165, 1.54) is 12.0 Å². The van der Waals surface area contributed by atoms with Crippen LogP contribution in [0.5, 0.6) is 0 Å². The number of benzene rings is 1. The van der Waals surface area contributed by atoms with Gasteiger partial charge in [-0.1, -0.05) is 17.7 Å². The van der Waals surface area contributed by atoms with Crippen LogP contribution in [0, 0.1) is 0 Å². The number of amides is 1. The summed E-state index contributed by atoms with van der Waals surface area (Å²) in [7, 11) is 1.31. The van der Waals surface area contributed by atoms with E-state index in [9.17, 15) is 9.59 Å². The summed E-state index contributed by atoms with van der Waals surface area (Å²) in [6.07, 6.45) is -0.119. The van der Waals surface area contributed by atoms with Crippen LogP contribution in [0.4, 0.5) is 4.79 Å². The summed E-state index contributed by atoms with van der Waals surface area (Å²) < 4.78 is 9.77. The normalized spacial score (nSPS) is 17.4. The van der Waals surface area contributed by atoms with Crippen molar-refractivity contribution >= 4 is 23.7 Å². The number of halogens is 1. The zero-order chi connectivity index (χ0) is 14.7. The van der Waals surface area contributed by atoms with E-state index in [0.717, 1.165) is 11.1 Å². The van der Waals surface area contributed by atoms with E-state index in [-0.39, 0.29) is 13.2 Å². The average Bonchev–Trinajstić information content (AvgIpc) is 2.45. The first-order valence-electron chi connectivity index (χ1n) is 6.35. The number of methoxy groups -OCH3 is 1. The molecule has 0 saturated heterocycles. The molecule has 1 aliphatic rings. The smallest absolute Gasteiger partial charge is 0.410 e. The summed E-state index contributed by atoms with van der Waals surface area (Å²) in [5.41, 5.74) is 1.91. The van der Waals surface area contributed by atoms with E-state index in [0.29, 0.717) is 11.4 Å². The molecule has 0 aliphatic carbocycles. The number of hydrogen-bond acceptors (Lipinski definition) is 4. The molecule has 1 atom stereocenters. The van der Waals surface area contributed by atoms with Gasteiger partial charge in [0.15, 0.2) is 0 Å². The van der Waals surface area contributed by atoms with Crippen molar-refractivity contribution < 1.29 is 19.1 Å². The number of fused-ring (bicyclic) bond motifs is 1. The molecule has 1 aromatic rings. The molecule has 0 N–H and O–H groups in total. The third-order valence-corrected chi connectivity index (χ3v) is 3.51. The lowest BCUT2D eigenvalue weighted by molar-refractivity contribution is -0.147. The van der Waals surface area contributed by atoms with Gasteiger partial charge < -0.3 is 9.47 Å². The fourth-order valence-electron chi connectivity index (χ4n) is 2.30. The van der Waals surface area contributed by atoms with Gasteiger partial charge in [0.1, 0.15) is 6.04 Å². The largest absolute Gasteiger partial charge is 0.467 e. The van der Waals surface area contributed by atoms with Gasteiger partial charge in [-0.15, -0.1) is 0 Å². The molecule has 20 heavy (non-hydrogen) atoms. The first kappa shape index (κ1) is 14.7. The van der Waals surface area contributed by atoms with Crippen molar-refractivity contribution in [2.75, 3.05) is 13.7 Å². The standard InChI is InChI=1S/C14H16ClNO4/c1-3-20-14(18)16-8-10-6-11(15)5-4-9(10)7-12(16)13(17)19-2/h4-6,12H,3,7-8H2,1-2H3/t12-/m0/s1. The first-order valence-corrected chi connectivity index (χ1v) is 6.73. The van der Waals surface area contributed by atoms with Gasteiger partial charge in [-0.3, -0.25) is 4.90 Å². The molecule has 0 saturated carbocycles. The summed E-state index contributed by atoms with van der Waals surface area (Å²) >= 11 is 5.96. The van der Waals surface area contributed by atoms with Crippen LogP contribution in [0.3, 0.4) is 0 Å². The second-order valence-electron chi connectivity index (χ2n) is 4.48. The van der Waals surface area contributed by atoms with Crippen molar-refractivity contribution in [2.45, 2.75) is 25.9 Å². The van der Waals surface area contributed by atoms with Crippen molar-refractivity contribution in [2.24, 2.45) is 0 Å². The minimum Gasteiger partial charge on any atom is -0.467 e. The fraction of sp³-hybridized carbons (Fsp3) is 0.429. The molecule has 108 valence electrons.